The number of aromatic amines is 1. The number of nitrogens with zero attached hydrogens (tertiary/aromatic N) is 1. The number of halogens is 1. The van der Waals surface area contributed by atoms with E-state index in [-0.39, 0.29) is 11.7 Å². The first-order valence-corrected chi connectivity index (χ1v) is 6.26. The van der Waals surface area contributed by atoms with Crippen LogP contribution in [0.2, 0.25) is 0 Å². The quantitative estimate of drug-likeness (QED) is 0.757. The molecule has 1 N–H and O–H groups in total. The maximum atomic E-state index is 13.2. The molecule has 2 aromatic carbocycles. The van der Waals surface area contributed by atoms with Crippen molar-refractivity contribution in [3.05, 3.63) is 66.1 Å². The maximum absolute atomic E-state index is 13.2. The van der Waals surface area contributed by atoms with Crippen molar-refractivity contribution in [2.45, 2.75) is 0 Å². The van der Waals surface area contributed by atoms with Gasteiger partial charge in [0.1, 0.15) is 11.5 Å². The first-order valence-electron chi connectivity index (χ1n) is 6.26. The van der Waals surface area contributed by atoms with E-state index >= 15 is 0 Å². The Balaban J connectivity index is 1.96. The van der Waals surface area contributed by atoms with Crippen LogP contribution in [0.25, 0.3) is 10.9 Å². The number of para-hydroxylation sites is 1. The van der Waals surface area contributed by atoms with Gasteiger partial charge in [0.2, 0.25) is 0 Å². The van der Waals surface area contributed by atoms with Gasteiger partial charge in [0.25, 0.3) is 5.91 Å². The van der Waals surface area contributed by atoms with Crippen LogP contribution >= 0.6 is 0 Å². The molecule has 0 aliphatic carbocycles. The van der Waals surface area contributed by atoms with Crippen LogP contribution in [0.5, 0.6) is 0 Å². The second-order valence-corrected chi connectivity index (χ2v) is 4.61. The molecule has 0 aliphatic rings. The summed E-state index contributed by atoms with van der Waals surface area (Å²) < 4.78 is 13.2. The molecule has 3 aromatic rings. The fourth-order valence-corrected chi connectivity index (χ4v) is 2.17. The number of nitrogens with one attached hydrogen (secondary N) is 1. The highest BCUT2D eigenvalue weighted by molar-refractivity contribution is 6.07. The Morgan fingerprint density at radius 1 is 1.10 bits per heavy atom. The second-order valence-electron chi connectivity index (χ2n) is 4.61. The molecule has 0 bridgehead atoms. The van der Waals surface area contributed by atoms with Gasteiger partial charge in [0.05, 0.1) is 0 Å². The van der Waals surface area contributed by atoms with Crippen LogP contribution in [-0.2, 0) is 0 Å². The van der Waals surface area contributed by atoms with Crippen molar-refractivity contribution in [3.63, 3.8) is 0 Å². The number of benzene rings is 2. The first kappa shape index (κ1) is 12.4. The Bertz CT molecular complexity index is 765. The number of aromatic nitrogens is 1. The molecule has 0 aliphatic heterocycles. The van der Waals surface area contributed by atoms with E-state index in [1.54, 1.807) is 24.1 Å². The van der Waals surface area contributed by atoms with Gasteiger partial charge in [-0.05, 0) is 36.4 Å². The molecule has 0 saturated carbocycles. The summed E-state index contributed by atoms with van der Waals surface area (Å²) in [5, 5.41) is 0.690. The Morgan fingerprint density at radius 3 is 2.60 bits per heavy atom. The smallest absolute Gasteiger partial charge is 0.274 e. The highest BCUT2D eigenvalue weighted by Crippen LogP contribution is 2.19. The molecule has 0 atom stereocenters. The molecule has 1 aromatic heterocycles. The summed E-state index contributed by atoms with van der Waals surface area (Å²) in [6.45, 7) is 0. The van der Waals surface area contributed by atoms with E-state index in [9.17, 15) is 9.18 Å². The van der Waals surface area contributed by atoms with Crippen molar-refractivity contribution < 1.29 is 9.18 Å². The van der Waals surface area contributed by atoms with E-state index in [4.69, 9.17) is 0 Å². The van der Waals surface area contributed by atoms with Gasteiger partial charge in [0.15, 0.2) is 0 Å². The Kier molecular flexibility index (Phi) is 2.99. The zero-order chi connectivity index (χ0) is 14.1. The second kappa shape index (κ2) is 4.81. The molecule has 0 saturated heterocycles. The average molecular weight is 268 g/mol. The molecule has 0 unspecified atom stereocenters. The largest absolute Gasteiger partial charge is 0.351 e. The summed E-state index contributed by atoms with van der Waals surface area (Å²) in [7, 11) is 1.71. The topological polar surface area (TPSA) is 36.1 Å². The van der Waals surface area contributed by atoms with Crippen LogP contribution in [0, 0.1) is 5.82 Å². The third kappa shape index (κ3) is 2.16. The predicted molar refractivity (Wildman–Crippen MR) is 77.4 cm³/mol. The van der Waals surface area contributed by atoms with Crippen molar-refractivity contribution in [1.29, 1.82) is 0 Å². The lowest BCUT2D eigenvalue weighted by atomic mass is 10.2. The monoisotopic (exact) mass is 268 g/mol. The normalized spacial score (nSPS) is 10.7. The van der Waals surface area contributed by atoms with Crippen molar-refractivity contribution in [2.24, 2.45) is 0 Å². The molecule has 20 heavy (non-hydrogen) atoms. The average Bonchev–Trinajstić information content (AvgIpc) is 2.89. The molecule has 0 radical (unpaired) electrons. The fourth-order valence-electron chi connectivity index (χ4n) is 2.17. The summed E-state index contributed by atoms with van der Waals surface area (Å²) in [5.74, 6) is -0.472. The van der Waals surface area contributed by atoms with E-state index in [1.165, 1.54) is 12.1 Å². The number of hydrogen-bond donors (Lipinski definition) is 1. The Morgan fingerprint density at radius 2 is 1.85 bits per heavy atom. The standard InChI is InChI=1S/C16H13FN2O/c1-19(13-5-3-2-4-6-13)16(20)15-10-11-9-12(17)7-8-14(11)18-15/h2-10,18H,1H3. The number of rotatable bonds is 2. The van der Waals surface area contributed by atoms with E-state index < -0.39 is 0 Å². The summed E-state index contributed by atoms with van der Waals surface area (Å²) in [6.07, 6.45) is 0. The highest BCUT2D eigenvalue weighted by atomic mass is 19.1. The lowest BCUT2D eigenvalue weighted by Crippen LogP contribution is -2.26. The SMILES string of the molecule is CN(C(=O)c1cc2cc(F)ccc2[nH]1)c1ccccc1. The van der Waals surface area contributed by atoms with Crippen LogP contribution in [0.1, 0.15) is 10.5 Å². The van der Waals surface area contributed by atoms with Gasteiger partial charge in [-0.2, -0.15) is 0 Å². The molecule has 0 spiro atoms. The van der Waals surface area contributed by atoms with Crippen LogP contribution in [0.15, 0.2) is 54.6 Å². The fraction of sp³-hybridized carbons (Fsp3) is 0.0625. The van der Waals surface area contributed by atoms with Crippen molar-refractivity contribution >= 4 is 22.5 Å². The summed E-state index contributed by atoms with van der Waals surface area (Å²) >= 11 is 0. The minimum atomic E-state index is -0.313. The van der Waals surface area contributed by atoms with Gasteiger partial charge in [-0.15, -0.1) is 0 Å². The van der Waals surface area contributed by atoms with Crippen molar-refractivity contribution in [2.75, 3.05) is 11.9 Å². The maximum Gasteiger partial charge on any atom is 0.274 e. The molecule has 0 fully saturated rings. The van der Waals surface area contributed by atoms with Crippen LogP contribution in [0.4, 0.5) is 10.1 Å². The number of hydrogen-bond acceptors (Lipinski definition) is 1. The molecule has 1 amide bonds. The summed E-state index contributed by atoms with van der Waals surface area (Å²) in [4.78, 5) is 17.0. The minimum Gasteiger partial charge on any atom is -0.351 e. The van der Waals surface area contributed by atoms with Crippen LogP contribution < -0.4 is 4.90 Å². The molecular formula is C16H13FN2O. The molecule has 3 nitrogen and oxygen atoms in total. The summed E-state index contributed by atoms with van der Waals surface area (Å²) in [6, 6.07) is 15.4. The number of anilines is 1. The summed E-state index contributed by atoms with van der Waals surface area (Å²) in [5.41, 5.74) is 2.00. The number of H-pyrrole nitrogens is 1. The van der Waals surface area contributed by atoms with E-state index in [0.29, 0.717) is 11.1 Å². The van der Waals surface area contributed by atoms with Gasteiger partial charge in [0, 0.05) is 23.6 Å². The third-order valence-corrected chi connectivity index (χ3v) is 3.26. The van der Waals surface area contributed by atoms with Crippen LogP contribution in [0.3, 0.4) is 0 Å². The first-order chi connectivity index (χ1) is 9.65. The third-order valence-electron chi connectivity index (χ3n) is 3.26. The highest BCUT2D eigenvalue weighted by Gasteiger charge is 2.15. The molecule has 4 heteroatoms. The van der Waals surface area contributed by atoms with Crippen molar-refractivity contribution in [1.82, 2.24) is 4.98 Å². The molecule has 1 heterocycles. The van der Waals surface area contributed by atoms with Crippen molar-refractivity contribution in [3.8, 4) is 0 Å². The van der Waals surface area contributed by atoms with Gasteiger partial charge >= 0.3 is 0 Å². The van der Waals surface area contributed by atoms with Gasteiger partial charge < -0.3 is 9.88 Å². The van der Waals surface area contributed by atoms with Gasteiger partial charge in [-0.3, -0.25) is 4.79 Å². The number of fused-ring (bicyclic) bond motifs is 1. The van der Waals surface area contributed by atoms with E-state index in [2.05, 4.69) is 4.98 Å². The molecular weight excluding hydrogens is 255 g/mol. The number of carbonyl (C=O) groups is 1. The van der Waals surface area contributed by atoms with E-state index in [1.807, 2.05) is 30.3 Å². The lowest BCUT2D eigenvalue weighted by Gasteiger charge is -2.16. The molecule has 3 rings (SSSR count). The zero-order valence-corrected chi connectivity index (χ0v) is 10.9. The minimum absolute atomic E-state index is 0.159. The molecule has 100 valence electrons. The number of amides is 1. The van der Waals surface area contributed by atoms with Crippen LogP contribution in [-0.4, -0.2) is 17.9 Å². The van der Waals surface area contributed by atoms with E-state index in [0.717, 1.165) is 11.2 Å². The number of carbonyl (C=O) groups excluding carboxylic acids is 1. The Labute approximate surface area is 115 Å². The Hall–Kier alpha value is -2.62. The van der Waals surface area contributed by atoms with Gasteiger partial charge in [-0.1, -0.05) is 18.2 Å². The lowest BCUT2D eigenvalue weighted by molar-refractivity contribution is 0.0989. The van der Waals surface area contributed by atoms with Gasteiger partial charge in [-0.25, -0.2) is 4.39 Å². The predicted octanol–water partition coefficient (Wildman–Crippen LogP) is 3.58. The zero-order valence-electron chi connectivity index (χ0n) is 10.9.